The van der Waals surface area contributed by atoms with Gasteiger partial charge in [-0.2, -0.15) is 0 Å². The highest BCUT2D eigenvalue weighted by Gasteiger charge is 2.26. The van der Waals surface area contributed by atoms with Crippen molar-refractivity contribution in [1.82, 2.24) is 9.55 Å². The maximum absolute atomic E-state index is 5.44. The Hall–Kier alpha value is -0.350. The second kappa shape index (κ2) is 3.91. The molecule has 1 aromatic rings. The van der Waals surface area contributed by atoms with Crippen LogP contribution in [0.2, 0.25) is 0 Å². The van der Waals surface area contributed by atoms with Crippen LogP contribution in [0.4, 0.5) is 0 Å². The predicted molar refractivity (Wildman–Crippen MR) is 61.0 cm³/mol. The Morgan fingerprint density at radius 3 is 3.13 bits per heavy atom. The molecule has 0 aromatic carbocycles. The third-order valence-electron chi connectivity index (χ3n) is 3.39. The van der Waals surface area contributed by atoms with Crippen LogP contribution in [0, 0.1) is 0 Å². The molecule has 0 spiro atoms. The van der Waals surface area contributed by atoms with Crippen molar-refractivity contribution < 1.29 is 4.74 Å². The van der Waals surface area contributed by atoms with Gasteiger partial charge in [-0.25, -0.2) is 4.98 Å². The van der Waals surface area contributed by atoms with Gasteiger partial charge < -0.3 is 9.30 Å². The molecular formula is C11H15BrN2O. The number of halogens is 1. The normalized spacial score (nSPS) is 25.5. The van der Waals surface area contributed by atoms with Crippen LogP contribution in [0.5, 0.6) is 0 Å². The summed E-state index contributed by atoms with van der Waals surface area (Å²) < 4.78 is 8.91. The number of hydrogen-bond donors (Lipinski definition) is 0. The summed E-state index contributed by atoms with van der Waals surface area (Å²) in [5.74, 6) is 1.77. The molecule has 0 N–H and O–H groups in total. The molecule has 3 nitrogen and oxygen atoms in total. The number of rotatable bonds is 1. The highest BCUT2D eigenvalue weighted by Crippen LogP contribution is 2.31. The Morgan fingerprint density at radius 1 is 1.40 bits per heavy atom. The van der Waals surface area contributed by atoms with Gasteiger partial charge in [0.15, 0.2) is 0 Å². The quantitative estimate of drug-likeness (QED) is 0.784. The molecule has 1 atom stereocenters. The molecule has 2 aliphatic heterocycles. The number of nitrogens with zero attached hydrogens (tertiary/aromatic N) is 2. The van der Waals surface area contributed by atoms with Crippen molar-refractivity contribution in [1.29, 1.82) is 0 Å². The van der Waals surface area contributed by atoms with E-state index in [0.717, 1.165) is 30.8 Å². The fourth-order valence-electron chi connectivity index (χ4n) is 2.57. The number of aromatic nitrogens is 2. The molecule has 1 fully saturated rings. The summed E-state index contributed by atoms with van der Waals surface area (Å²) in [6, 6.07) is 0. The van der Waals surface area contributed by atoms with Gasteiger partial charge in [-0.3, -0.25) is 0 Å². The minimum atomic E-state index is 0.521. The van der Waals surface area contributed by atoms with Crippen molar-refractivity contribution in [3.8, 4) is 0 Å². The van der Waals surface area contributed by atoms with Gasteiger partial charge in [0.05, 0.1) is 12.3 Å². The lowest BCUT2D eigenvalue weighted by atomic mass is 10.1. The average Bonchev–Trinajstić information content (AvgIpc) is 2.87. The second-order valence-electron chi connectivity index (χ2n) is 4.38. The Labute approximate surface area is 98.0 Å². The molecular weight excluding hydrogens is 256 g/mol. The first-order valence-electron chi connectivity index (χ1n) is 5.69. The molecule has 3 rings (SSSR count). The third-order valence-corrected chi connectivity index (χ3v) is 4.03. The van der Waals surface area contributed by atoms with Crippen LogP contribution in [0.3, 0.4) is 0 Å². The van der Waals surface area contributed by atoms with Gasteiger partial charge in [0, 0.05) is 19.1 Å². The zero-order valence-electron chi connectivity index (χ0n) is 8.71. The third kappa shape index (κ3) is 1.64. The summed E-state index contributed by atoms with van der Waals surface area (Å²) >= 11 is 3.58. The Morgan fingerprint density at radius 2 is 2.33 bits per heavy atom. The van der Waals surface area contributed by atoms with Gasteiger partial charge in [-0.15, -0.1) is 0 Å². The maximum atomic E-state index is 5.44. The van der Waals surface area contributed by atoms with Crippen molar-refractivity contribution in [2.45, 2.75) is 38.1 Å². The lowest BCUT2D eigenvalue weighted by Gasteiger charge is -2.18. The zero-order chi connectivity index (χ0) is 10.3. The van der Waals surface area contributed by atoms with Crippen LogP contribution in [-0.2, 0) is 17.7 Å². The van der Waals surface area contributed by atoms with Gasteiger partial charge in [0.2, 0.25) is 0 Å². The summed E-state index contributed by atoms with van der Waals surface area (Å²) in [5, 5.41) is 0. The van der Waals surface area contributed by atoms with Crippen LogP contribution in [0.15, 0.2) is 4.60 Å². The molecule has 0 radical (unpaired) electrons. The van der Waals surface area contributed by atoms with E-state index in [0.29, 0.717) is 5.92 Å². The van der Waals surface area contributed by atoms with E-state index in [9.17, 15) is 0 Å². The number of fused-ring (bicyclic) bond motifs is 1. The van der Waals surface area contributed by atoms with Crippen molar-refractivity contribution in [3.05, 3.63) is 16.1 Å². The first-order chi connectivity index (χ1) is 7.36. The lowest BCUT2D eigenvalue weighted by Crippen LogP contribution is -2.15. The molecule has 0 amide bonds. The Kier molecular flexibility index (Phi) is 2.56. The van der Waals surface area contributed by atoms with Gasteiger partial charge in [0.25, 0.3) is 0 Å². The highest BCUT2D eigenvalue weighted by atomic mass is 79.9. The monoisotopic (exact) mass is 270 g/mol. The van der Waals surface area contributed by atoms with E-state index in [2.05, 4.69) is 25.5 Å². The van der Waals surface area contributed by atoms with E-state index in [1.165, 1.54) is 30.8 Å². The Balaban J connectivity index is 1.99. The standard InChI is InChI=1S/C11H15BrN2O/c12-10-9-3-1-2-5-14(9)11(13-10)8-4-6-15-7-8/h8H,1-7H2. The van der Waals surface area contributed by atoms with E-state index >= 15 is 0 Å². The number of hydrogen-bond acceptors (Lipinski definition) is 2. The zero-order valence-corrected chi connectivity index (χ0v) is 10.3. The fraction of sp³-hybridized carbons (Fsp3) is 0.727. The maximum Gasteiger partial charge on any atom is 0.127 e. The molecule has 4 heteroatoms. The first kappa shape index (κ1) is 9.85. The van der Waals surface area contributed by atoms with E-state index in [-0.39, 0.29) is 0 Å². The predicted octanol–water partition coefficient (Wildman–Crippen LogP) is 2.49. The van der Waals surface area contributed by atoms with Crippen molar-refractivity contribution in [2.75, 3.05) is 13.2 Å². The van der Waals surface area contributed by atoms with Crippen molar-refractivity contribution in [3.63, 3.8) is 0 Å². The molecule has 3 heterocycles. The highest BCUT2D eigenvalue weighted by molar-refractivity contribution is 9.10. The minimum absolute atomic E-state index is 0.521. The van der Waals surface area contributed by atoms with E-state index in [1.54, 1.807) is 0 Å². The second-order valence-corrected chi connectivity index (χ2v) is 5.13. The van der Waals surface area contributed by atoms with Gasteiger partial charge >= 0.3 is 0 Å². The summed E-state index contributed by atoms with van der Waals surface area (Å²) in [4.78, 5) is 4.67. The largest absolute Gasteiger partial charge is 0.381 e. The van der Waals surface area contributed by atoms with Crippen LogP contribution in [0.25, 0.3) is 0 Å². The molecule has 2 aliphatic rings. The van der Waals surface area contributed by atoms with Crippen LogP contribution in [-0.4, -0.2) is 22.8 Å². The minimum Gasteiger partial charge on any atom is -0.381 e. The molecule has 1 aromatic heterocycles. The summed E-state index contributed by atoms with van der Waals surface area (Å²) in [6.45, 7) is 2.88. The number of ether oxygens (including phenoxy) is 1. The molecule has 1 saturated heterocycles. The van der Waals surface area contributed by atoms with Gasteiger partial charge in [-0.1, -0.05) is 0 Å². The van der Waals surface area contributed by atoms with E-state index in [4.69, 9.17) is 4.74 Å². The Bertz CT molecular complexity index is 369. The summed E-state index contributed by atoms with van der Waals surface area (Å²) in [7, 11) is 0. The van der Waals surface area contributed by atoms with Crippen molar-refractivity contribution >= 4 is 15.9 Å². The molecule has 0 aliphatic carbocycles. The summed E-state index contributed by atoms with van der Waals surface area (Å²) in [6.07, 6.45) is 4.88. The topological polar surface area (TPSA) is 27.1 Å². The van der Waals surface area contributed by atoms with Crippen LogP contribution in [0.1, 0.15) is 36.7 Å². The van der Waals surface area contributed by atoms with Crippen molar-refractivity contribution in [2.24, 2.45) is 0 Å². The average molecular weight is 271 g/mol. The van der Waals surface area contributed by atoms with Gasteiger partial charge in [-0.05, 0) is 41.6 Å². The smallest absolute Gasteiger partial charge is 0.127 e. The van der Waals surface area contributed by atoms with E-state index < -0.39 is 0 Å². The molecule has 0 saturated carbocycles. The van der Waals surface area contributed by atoms with Crippen LogP contribution < -0.4 is 0 Å². The number of imidazole rings is 1. The first-order valence-corrected chi connectivity index (χ1v) is 6.48. The van der Waals surface area contributed by atoms with Gasteiger partial charge in [0.1, 0.15) is 10.4 Å². The molecule has 1 unspecified atom stereocenters. The van der Waals surface area contributed by atoms with Crippen LogP contribution >= 0.6 is 15.9 Å². The lowest BCUT2D eigenvalue weighted by molar-refractivity contribution is 0.192. The summed E-state index contributed by atoms with van der Waals surface area (Å²) in [5.41, 5.74) is 1.39. The molecule has 0 bridgehead atoms. The fourth-order valence-corrected chi connectivity index (χ4v) is 3.17. The van der Waals surface area contributed by atoms with E-state index in [1.807, 2.05) is 0 Å². The molecule has 15 heavy (non-hydrogen) atoms. The SMILES string of the molecule is Brc1nc(C2CCOC2)n2c1CCCC2. The molecule has 82 valence electrons.